The Morgan fingerprint density at radius 3 is 2.38 bits per heavy atom. The first kappa shape index (κ1) is 13.2. The molecule has 0 aliphatic carbocycles. The van der Waals surface area contributed by atoms with Gasteiger partial charge in [-0.1, -0.05) is 0 Å². The lowest BCUT2D eigenvalue weighted by molar-refractivity contribution is 0.264. The molecule has 1 aromatic rings. The second-order valence-corrected chi connectivity index (χ2v) is 4.09. The molecular formula is C11H17NO3S. The van der Waals surface area contributed by atoms with Gasteiger partial charge in [0.2, 0.25) is 0 Å². The topological polar surface area (TPSA) is 64.7 Å². The van der Waals surface area contributed by atoms with E-state index in [4.69, 9.17) is 20.3 Å². The molecule has 1 rings (SSSR count). The van der Waals surface area contributed by atoms with Gasteiger partial charge in [0.1, 0.15) is 11.5 Å². The zero-order valence-corrected chi connectivity index (χ0v) is 10.5. The molecule has 0 bridgehead atoms. The number of nitrogens with two attached hydrogens (primary N) is 1. The lowest BCUT2D eigenvalue weighted by Crippen LogP contribution is -2.15. The molecule has 0 aliphatic heterocycles. The molecule has 16 heavy (non-hydrogen) atoms. The van der Waals surface area contributed by atoms with Crippen LogP contribution in [0.2, 0.25) is 0 Å². The van der Waals surface area contributed by atoms with E-state index >= 15 is 0 Å². The molecule has 0 aliphatic rings. The van der Waals surface area contributed by atoms with Crippen molar-refractivity contribution in [3.8, 4) is 11.5 Å². The fraction of sp³-hybridized carbons (Fsp3) is 0.455. The van der Waals surface area contributed by atoms with Gasteiger partial charge < -0.3 is 20.3 Å². The number of ether oxygens (including phenoxy) is 2. The first-order valence-corrected chi connectivity index (χ1v) is 6.06. The van der Waals surface area contributed by atoms with Gasteiger partial charge in [0, 0.05) is 5.56 Å². The van der Waals surface area contributed by atoms with Crippen LogP contribution in [-0.4, -0.2) is 32.2 Å². The van der Waals surface area contributed by atoms with E-state index in [2.05, 4.69) is 0 Å². The van der Waals surface area contributed by atoms with Gasteiger partial charge in [0.15, 0.2) is 0 Å². The van der Waals surface area contributed by atoms with Crippen LogP contribution in [0.25, 0.3) is 0 Å². The van der Waals surface area contributed by atoms with Crippen molar-refractivity contribution in [2.75, 3.05) is 27.1 Å². The molecule has 1 unspecified atom stereocenters. The Labute approximate surface area is 99.7 Å². The fourth-order valence-corrected chi connectivity index (χ4v) is 2.01. The van der Waals surface area contributed by atoms with Crippen LogP contribution in [0, 0.1) is 0 Å². The number of methoxy groups -OCH3 is 2. The van der Waals surface area contributed by atoms with Crippen molar-refractivity contribution in [2.24, 2.45) is 5.73 Å². The number of aliphatic hydroxyl groups is 1. The van der Waals surface area contributed by atoms with Gasteiger partial charge in [-0.2, -0.15) is 0 Å². The van der Waals surface area contributed by atoms with Gasteiger partial charge in [-0.15, -0.1) is 11.8 Å². The molecule has 4 nitrogen and oxygen atoms in total. The minimum atomic E-state index is -0.459. The molecule has 0 aromatic heterocycles. The summed E-state index contributed by atoms with van der Waals surface area (Å²) in [5.41, 5.74) is 6.54. The molecule has 0 saturated heterocycles. The van der Waals surface area contributed by atoms with Crippen molar-refractivity contribution in [2.45, 2.75) is 10.9 Å². The summed E-state index contributed by atoms with van der Waals surface area (Å²) in [6.45, 7) is -0.127. The number of hydrogen-bond acceptors (Lipinski definition) is 5. The van der Waals surface area contributed by atoms with E-state index in [1.807, 2.05) is 18.4 Å². The quantitative estimate of drug-likeness (QED) is 0.766. The summed E-state index contributed by atoms with van der Waals surface area (Å²) in [5, 5.41) is 9.07. The highest BCUT2D eigenvalue weighted by atomic mass is 32.2. The van der Waals surface area contributed by atoms with Gasteiger partial charge >= 0.3 is 0 Å². The first-order chi connectivity index (χ1) is 7.67. The number of aliphatic hydroxyl groups excluding tert-OH is 1. The number of hydrogen-bond donors (Lipinski definition) is 2. The number of thioether (sulfide) groups is 1. The standard InChI is InChI=1S/C11H17NO3S/c1-14-9-5-11(16-3)10(15-2)4-7(9)8(12)6-13/h4-5,8,13H,6,12H2,1-3H3. The van der Waals surface area contributed by atoms with Crippen molar-refractivity contribution in [1.82, 2.24) is 0 Å². The van der Waals surface area contributed by atoms with Crippen LogP contribution in [-0.2, 0) is 0 Å². The predicted octanol–water partition coefficient (Wildman–Crippen LogP) is 1.42. The lowest BCUT2D eigenvalue weighted by atomic mass is 10.1. The predicted molar refractivity (Wildman–Crippen MR) is 65.3 cm³/mol. The Bertz CT molecular complexity index is 357. The molecule has 3 N–H and O–H groups in total. The van der Waals surface area contributed by atoms with Crippen LogP contribution in [0.5, 0.6) is 11.5 Å². The third-order valence-electron chi connectivity index (χ3n) is 2.33. The zero-order chi connectivity index (χ0) is 12.1. The van der Waals surface area contributed by atoms with Crippen LogP contribution in [0.4, 0.5) is 0 Å². The van der Waals surface area contributed by atoms with Gasteiger partial charge in [-0.05, 0) is 18.4 Å². The van der Waals surface area contributed by atoms with Crippen LogP contribution in [0.15, 0.2) is 17.0 Å². The van der Waals surface area contributed by atoms with E-state index in [9.17, 15) is 0 Å². The Hall–Kier alpha value is -0.910. The Kier molecular flexibility index (Phi) is 4.92. The van der Waals surface area contributed by atoms with Gasteiger partial charge in [0.25, 0.3) is 0 Å². The second kappa shape index (κ2) is 5.98. The molecule has 1 aromatic carbocycles. The molecule has 90 valence electrons. The summed E-state index contributed by atoms with van der Waals surface area (Å²) in [6, 6.07) is 3.22. The average Bonchev–Trinajstić information content (AvgIpc) is 2.35. The van der Waals surface area contributed by atoms with Crippen LogP contribution < -0.4 is 15.2 Å². The SMILES string of the molecule is COc1cc(C(N)CO)c(OC)cc1SC. The minimum absolute atomic E-state index is 0.127. The molecule has 0 fully saturated rings. The van der Waals surface area contributed by atoms with Gasteiger partial charge in [0.05, 0.1) is 31.8 Å². The molecule has 0 radical (unpaired) electrons. The van der Waals surface area contributed by atoms with Gasteiger partial charge in [-0.3, -0.25) is 0 Å². The maximum atomic E-state index is 9.07. The molecule has 5 heteroatoms. The summed E-state index contributed by atoms with van der Waals surface area (Å²) in [5.74, 6) is 1.42. The highest BCUT2D eigenvalue weighted by Gasteiger charge is 2.15. The zero-order valence-electron chi connectivity index (χ0n) is 9.69. The fourth-order valence-electron chi connectivity index (χ4n) is 1.44. The van der Waals surface area contributed by atoms with E-state index in [-0.39, 0.29) is 6.61 Å². The summed E-state index contributed by atoms with van der Waals surface area (Å²) >= 11 is 1.57. The summed E-state index contributed by atoms with van der Waals surface area (Å²) < 4.78 is 10.5. The minimum Gasteiger partial charge on any atom is -0.496 e. The van der Waals surface area contributed by atoms with Gasteiger partial charge in [-0.25, -0.2) is 0 Å². The van der Waals surface area contributed by atoms with Crippen molar-refractivity contribution in [1.29, 1.82) is 0 Å². The monoisotopic (exact) mass is 243 g/mol. The van der Waals surface area contributed by atoms with Crippen molar-refractivity contribution >= 4 is 11.8 Å². The number of benzene rings is 1. The first-order valence-electron chi connectivity index (χ1n) is 4.84. The molecule has 0 amide bonds. The average molecular weight is 243 g/mol. The summed E-state index contributed by atoms with van der Waals surface area (Å²) in [7, 11) is 3.19. The van der Waals surface area contributed by atoms with E-state index in [0.717, 1.165) is 16.2 Å². The van der Waals surface area contributed by atoms with Crippen molar-refractivity contribution < 1.29 is 14.6 Å². The Morgan fingerprint density at radius 2 is 1.94 bits per heavy atom. The highest BCUT2D eigenvalue weighted by Crippen LogP contribution is 2.36. The summed E-state index contributed by atoms with van der Waals surface area (Å²) in [6.07, 6.45) is 1.96. The largest absolute Gasteiger partial charge is 0.496 e. The third-order valence-corrected chi connectivity index (χ3v) is 3.09. The van der Waals surface area contributed by atoms with Crippen LogP contribution in [0.3, 0.4) is 0 Å². The lowest BCUT2D eigenvalue weighted by Gasteiger charge is -2.17. The maximum Gasteiger partial charge on any atom is 0.133 e. The second-order valence-electron chi connectivity index (χ2n) is 3.24. The van der Waals surface area contributed by atoms with E-state index in [1.54, 1.807) is 26.0 Å². The van der Waals surface area contributed by atoms with E-state index < -0.39 is 6.04 Å². The van der Waals surface area contributed by atoms with Crippen molar-refractivity contribution in [3.05, 3.63) is 17.7 Å². The van der Waals surface area contributed by atoms with Crippen LogP contribution in [0.1, 0.15) is 11.6 Å². The highest BCUT2D eigenvalue weighted by molar-refractivity contribution is 7.98. The molecule has 0 heterocycles. The summed E-state index contributed by atoms with van der Waals surface area (Å²) in [4.78, 5) is 0.980. The maximum absolute atomic E-state index is 9.07. The molecule has 0 spiro atoms. The van der Waals surface area contributed by atoms with Crippen molar-refractivity contribution in [3.63, 3.8) is 0 Å². The van der Waals surface area contributed by atoms with E-state index in [1.165, 1.54) is 0 Å². The molecule has 0 saturated carbocycles. The third kappa shape index (κ3) is 2.61. The molecule has 1 atom stereocenters. The van der Waals surface area contributed by atoms with Crippen LogP contribution >= 0.6 is 11.8 Å². The molecular weight excluding hydrogens is 226 g/mol. The number of rotatable bonds is 5. The Balaban J connectivity index is 3.25. The Morgan fingerprint density at radius 1 is 1.31 bits per heavy atom. The normalized spacial score (nSPS) is 12.3. The smallest absolute Gasteiger partial charge is 0.133 e. The van der Waals surface area contributed by atoms with E-state index in [0.29, 0.717) is 5.75 Å².